The summed E-state index contributed by atoms with van der Waals surface area (Å²) in [5.74, 6) is 0.608. The minimum Gasteiger partial charge on any atom is -0.388 e. The third-order valence-corrected chi connectivity index (χ3v) is 3.04. The molecule has 0 amide bonds. The van der Waals surface area contributed by atoms with Crippen LogP contribution < -0.4 is 0 Å². The molecule has 0 saturated carbocycles. The Hall–Kier alpha value is -0.530. The molecule has 1 rings (SSSR count). The Bertz CT molecular complexity index is 311. The first-order valence-corrected chi connectivity index (χ1v) is 6.33. The zero-order valence-corrected chi connectivity index (χ0v) is 11.1. The van der Waals surface area contributed by atoms with Gasteiger partial charge >= 0.3 is 0 Å². The summed E-state index contributed by atoms with van der Waals surface area (Å²) in [6, 6.07) is 8.22. The van der Waals surface area contributed by atoms with E-state index in [0.717, 1.165) is 18.4 Å². The van der Waals surface area contributed by atoms with E-state index in [-0.39, 0.29) is 11.5 Å². The van der Waals surface area contributed by atoms with Crippen LogP contribution in [0.4, 0.5) is 0 Å². The average molecular weight is 241 g/mol. The second-order valence-corrected chi connectivity index (χ2v) is 5.60. The smallest absolute Gasteiger partial charge is 0.0790 e. The van der Waals surface area contributed by atoms with Gasteiger partial charge in [-0.3, -0.25) is 0 Å². The van der Waals surface area contributed by atoms with Crippen molar-refractivity contribution >= 4 is 11.6 Å². The van der Waals surface area contributed by atoms with E-state index >= 15 is 0 Å². The highest BCUT2D eigenvalue weighted by Crippen LogP contribution is 2.25. The van der Waals surface area contributed by atoms with E-state index in [9.17, 15) is 5.11 Å². The van der Waals surface area contributed by atoms with Gasteiger partial charge in [-0.2, -0.15) is 0 Å². The molecular weight excluding hydrogens is 220 g/mol. The Morgan fingerprint density at radius 1 is 1.19 bits per heavy atom. The number of alkyl halides is 1. The van der Waals surface area contributed by atoms with Crippen molar-refractivity contribution in [2.24, 2.45) is 0 Å². The topological polar surface area (TPSA) is 20.2 Å². The number of hydrogen-bond acceptors (Lipinski definition) is 1. The van der Waals surface area contributed by atoms with Crippen molar-refractivity contribution in [1.29, 1.82) is 0 Å². The summed E-state index contributed by atoms with van der Waals surface area (Å²) in [7, 11) is 0. The SMILES string of the molecule is CC(C)(C)c1ccc([C@@H](O)CCCCl)cc1. The lowest BCUT2D eigenvalue weighted by Crippen LogP contribution is -2.11. The number of aliphatic hydroxyl groups is 1. The molecule has 0 aromatic heterocycles. The average Bonchev–Trinajstić information content (AvgIpc) is 2.25. The summed E-state index contributed by atoms with van der Waals surface area (Å²) < 4.78 is 0. The van der Waals surface area contributed by atoms with E-state index in [0.29, 0.717) is 5.88 Å². The van der Waals surface area contributed by atoms with Crippen molar-refractivity contribution in [3.8, 4) is 0 Å². The number of rotatable bonds is 4. The Kier molecular flexibility index (Phi) is 4.82. The van der Waals surface area contributed by atoms with E-state index in [1.54, 1.807) is 0 Å². The third-order valence-electron chi connectivity index (χ3n) is 2.77. The molecular formula is C14H21ClO. The first kappa shape index (κ1) is 13.5. The van der Waals surface area contributed by atoms with Crippen molar-refractivity contribution in [3.63, 3.8) is 0 Å². The number of benzene rings is 1. The van der Waals surface area contributed by atoms with Crippen LogP contribution in [0, 0.1) is 0 Å². The van der Waals surface area contributed by atoms with Crippen LogP contribution in [0.2, 0.25) is 0 Å². The molecule has 2 heteroatoms. The van der Waals surface area contributed by atoms with E-state index < -0.39 is 0 Å². The van der Waals surface area contributed by atoms with Crippen molar-refractivity contribution in [2.45, 2.75) is 45.1 Å². The molecule has 0 unspecified atom stereocenters. The first-order chi connectivity index (χ1) is 7.45. The summed E-state index contributed by atoms with van der Waals surface area (Å²) in [5.41, 5.74) is 2.44. The fourth-order valence-electron chi connectivity index (χ4n) is 1.64. The molecule has 0 saturated heterocycles. The summed E-state index contributed by atoms with van der Waals surface area (Å²) in [5, 5.41) is 9.89. The molecule has 90 valence electrons. The van der Waals surface area contributed by atoms with Gasteiger partial charge in [0.2, 0.25) is 0 Å². The van der Waals surface area contributed by atoms with Crippen molar-refractivity contribution in [3.05, 3.63) is 35.4 Å². The summed E-state index contributed by atoms with van der Waals surface area (Å²) in [6.07, 6.45) is 1.20. The summed E-state index contributed by atoms with van der Waals surface area (Å²) in [4.78, 5) is 0. The maximum atomic E-state index is 9.89. The second-order valence-electron chi connectivity index (χ2n) is 5.22. The maximum absolute atomic E-state index is 9.89. The zero-order valence-electron chi connectivity index (χ0n) is 10.3. The Morgan fingerprint density at radius 3 is 2.19 bits per heavy atom. The largest absolute Gasteiger partial charge is 0.388 e. The van der Waals surface area contributed by atoms with Crippen LogP contribution in [-0.2, 0) is 5.41 Å². The lowest BCUT2D eigenvalue weighted by molar-refractivity contribution is 0.166. The molecule has 0 heterocycles. The molecule has 0 bridgehead atoms. The van der Waals surface area contributed by atoms with E-state index in [1.165, 1.54) is 5.56 Å². The van der Waals surface area contributed by atoms with Crippen molar-refractivity contribution in [1.82, 2.24) is 0 Å². The molecule has 0 radical (unpaired) electrons. The van der Waals surface area contributed by atoms with Gasteiger partial charge in [0, 0.05) is 5.88 Å². The number of aliphatic hydroxyl groups excluding tert-OH is 1. The molecule has 1 atom stereocenters. The molecule has 16 heavy (non-hydrogen) atoms. The molecule has 1 N–H and O–H groups in total. The van der Waals surface area contributed by atoms with Gasteiger partial charge in [-0.1, -0.05) is 45.0 Å². The van der Waals surface area contributed by atoms with E-state index in [4.69, 9.17) is 11.6 Å². The Labute approximate surface area is 103 Å². The quantitative estimate of drug-likeness (QED) is 0.788. The van der Waals surface area contributed by atoms with Crippen LogP contribution >= 0.6 is 11.6 Å². The molecule has 0 aliphatic carbocycles. The normalized spacial score (nSPS) is 13.8. The molecule has 1 aromatic carbocycles. The highest BCUT2D eigenvalue weighted by atomic mass is 35.5. The van der Waals surface area contributed by atoms with Gasteiger partial charge in [0.25, 0.3) is 0 Å². The number of hydrogen-bond donors (Lipinski definition) is 1. The predicted molar refractivity (Wildman–Crippen MR) is 70.1 cm³/mol. The van der Waals surface area contributed by atoms with Gasteiger partial charge in [0.1, 0.15) is 0 Å². The Balaban J connectivity index is 2.71. The van der Waals surface area contributed by atoms with Gasteiger partial charge in [0.15, 0.2) is 0 Å². The maximum Gasteiger partial charge on any atom is 0.0790 e. The third kappa shape index (κ3) is 3.80. The van der Waals surface area contributed by atoms with Gasteiger partial charge in [-0.25, -0.2) is 0 Å². The number of halogens is 1. The summed E-state index contributed by atoms with van der Waals surface area (Å²) >= 11 is 5.61. The highest BCUT2D eigenvalue weighted by molar-refractivity contribution is 6.17. The van der Waals surface area contributed by atoms with Crippen LogP contribution in [0.1, 0.15) is 50.8 Å². The van der Waals surface area contributed by atoms with Crippen LogP contribution in [0.25, 0.3) is 0 Å². The Morgan fingerprint density at radius 2 is 1.75 bits per heavy atom. The minimum absolute atomic E-state index is 0.166. The lowest BCUT2D eigenvalue weighted by atomic mass is 9.86. The standard InChI is InChI=1S/C14H21ClO/c1-14(2,3)12-8-6-11(7-9-12)13(16)5-4-10-15/h6-9,13,16H,4-5,10H2,1-3H3/t13-/m0/s1. The van der Waals surface area contributed by atoms with Gasteiger partial charge in [-0.15, -0.1) is 11.6 Å². The second kappa shape index (κ2) is 5.70. The lowest BCUT2D eigenvalue weighted by Gasteiger charge is -2.20. The fourth-order valence-corrected chi connectivity index (χ4v) is 1.80. The molecule has 1 aromatic rings. The molecule has 0 aliphatic rings. The van der Waals surface area contributed by atoms with Crippen LogP contribution in [0.15, 0.2) is 24.3 Å². The fraction of sp³-hybridized carbons (Fsp3) is 0.571. The summed E-state index contributed by atoms with van der Waals surface area (Å²) in [6.45, 7) is 6.56. The van der Waals surface area contributed by atoms with Crippen LogP contribution in [-0.4, -0.2) is 11.0 Å². The molecule has 0 spiro atoms. The van der Waals surface area contributed by atoms with Crippen LogP contribution in [0.3, 0.4) is 0 Å². The zero-order chi connectivity index (χ0) is 12.2. The molecule has 1 nitrogen and oxygen atoms in total. The van der Waals surface area contributed by atoms with E-state index in [2.05, 4.69) is 32.9 Å². The minimum atomic E-state index is -0.382. The highest BCUT2D eigenvalue weighted by Gasteiger charge is 2.14. The van der Waals surface area contributed by atoms with Gasteiger partial charge in [-0.05, 0) is 29.4 Å². The van der Waals surface area contributed by atoms with E-state index in [1.807, 2.05) is 12.1 Å². The van der Waals surface area contributed by atoms with Crippen molar-refractivity contribution in [2.75, 3.05) is 5.88 Å². The van der Waals surface area contributed by atoms with Gasteiger partial charge < -0.3 is 5.11 Å². The predicted octanol–water partition coefficient (Wildman–Crippen LogP) is 4.04. The molecule has 0 aliphatic heterocycles. The first-order valence-electron chi connectivity index (χ1n) is 5.79. The molecule has 0 fully saturated rings. The van der Waals surface area contributed by atoms with Crippen LogP contribution in [0.5, 0.6) is 0 Å². The van der Waals surface area contributed by atoms with Crippen molar-refractivity contribution < 1.29 is 5.11 Å². The van der Waals surface area contributed by atoms with Gasteiger partial charge in [0.05, 0.1) is 6.10 Å². The monoisotopic (exact) mass is 240 g/mol.